The summed E-state index contributed by atoms with van der Waals surface area (Å²) in [5, 5.41) is 2.66. The zero-order chi connectivity index (χ0) is 23.1. The van der Waals surface area contributed by atoms with Crippen molar-refractivity contribution < 1.29 is 27.5 Å². The summed E-state index contributed by atoms with van der Waals surface area (Å²) in [4.78, 5) is 28.7. The molecule has 2 aromatic rings. The summed E-state index contributed by atoms with van der Waals surface area (Å²) in [5.41, 5.74) is 1.52. The molecule has 0 radical (unpaired) electrons. The van der Waals surface area contributed by atoms with E-state index in [1.54, 1.807) is 0 Å². The fraction of sp³-hybridized carbons (Fsp3) is 0.391. The number of nitrogens with one attached hydrogen (secondary N) is 1. The number of amides is 2. The van der Waals surface area contributed by atoms with Crippen LogP contribution in [0.5, 0.6) is 5.75 Å². The maximum atomic E-state index is 12.6. The van der Waals surface area contributed by atoms with Crippen molar-refractivity contribution in [2.75, 3.05) is 38.0 Å². The lowest BCUT2D eigenvalue weighted by Crippen LogP contribution is -2.50. The van der Waals surface area contributed by atoms with Crippen molar-refractivity contribution >= 4 is 17.5 Å². The summed E-state index contributed by atoms with van der Waals surface area (Å²) < 4.78 is 40.4. The van der Waals surface area contributed by atoms with Crippen LogP contribution in [0.1, 0.15) is 24.8 Å². The third-order valence-corrected chi connectivity index (χ3v) is 5.31. The van der Waals surface area contributed by atoms with Gasteiger partial charge in [-0.1, -0.05) is 37.3 Å². The molecule has 2 amide bonds. The first-order valence-electron chi connectivity index (χ1n) is 10.4. The van der Waals surface area contributed by atoms with Gasteiger partial charge in [-0.05, 0) is 35.7 Å². The van der Waals surface area contributed by atoms with Crippen molar-refractivity contribution in [3.05, 3.63) is 60.2 Å². The molecule has 1 aliphatic heterocycles. The zero-order valence-electron chi connectivity index (χ0n) is 17.8. The SMILES string of the molecule is C[C@@H](CC(=O)N1CCN(CC(=O)Nc2ccc(OC(F)(F)F)cc2)CC1)c1ccccc1. The van der Waals surface area contributed by atoms with Crippen LogP contribution >= 0.6 is 0 Å². The minimum atomic E-state index is -4.76. The molecular formula is C23H26F3N3O3. The van der Waals surface area contributed by atoms with Gasteiger partial charge in [-0.25, -0.2) is 0 Å². The minimum Gasteiger partial charge on any atom is -0.406 e. The highest BCUT2D eigenvalue weighted by Crippen LogP contribution is 2.24. The molecule has 2 aromatic carbocycles. The lowest BCUT2D eigenvalue weighted by atomic mass is 9.97. The fourth-order valence-electron chi connectivity index (χ4n) is 3.59. The molecule has 0 aromatic heterocycles. The first-order chi connectivity index (χ1) is 15.2. The molecule has 0 aliphatic carbocycles. The molecule has 0 unspecified atom stereocenters. The van der Waals surface area contributed by atoms with Gasteiger partial charge in [0, 0.05) is 38.3 Å². The predicted octanol–water partition coefficient (Wildman–Crippen LogP) is 3.86. The molecule has 1 heterocycles. The molecule has 1 aliphatic rings. The lowest BCUT2D eigenvalue weighted by molar-refractivity contribution is -0.274. The third kappa shape index (κ3) is 7.26. The number of benzene rings is 2. The van der Waals surface area contributed by atoms with Crippen molar-refractivity contribution in [2.24, 2.45) is 0 Å². The number of carbonyl (C=O) groups excluding carboxylic acids is 2. The van der Waals surface area contributed by atoms with E-state index in [-0.39, 0.29) is 30.0 Å². The first-order valence-corrected chi connectivity index (χ1v) is 10.4. The average molecular weight is 449 g/mol. The Balaban J connectivity index is 1.40. The monoisotopic (exact) mass is 449 g/mol. The predicted molar refractivity (Wildman–Crippen MR) is 114 cm³/mol. The Kier molecular flexibility index (Phi) is 7.74. The number of hydrogen-bond acceptors (Lipinski definition) is 4. The van der Waals surface area contributed by atoms with Crippen molar-refractivity contribution in [1.82, 2.24) is 9.80 Å². The van der Waals surface area contributed by atoms with Crippen molar-refractivity contribution in [2.45, 2.75) is 25.6 Å². The standard InChI is InChI=1S/C23H26F3N3O3/c1-17(18-5-3-2-4-6-18)15-22(31)29-13-11-28(12-14-29)16-21(30)27-19-7-9-20(10-8-19)32-23(24,25)26/h2-10,17H,11-16H2,1H3,(H,27,30)/t17-/m0/s1. The van der Waals surface area contributed by atoms with Gasteiger partial charge >= 0.3 is 6.36 Å². The normalized spacial score (nSPS) is 15.8. The van der Waals surface area contributed by atoms with Gasteiger partial charge in [0.15, 0.2) is 0 Å². The van der Waals surface area contributed by atoms with Crippen LogP contribution in [0.4, 0.5) is 18.9 Å². The van der Waals surface area contributed by atoms with E-state index in [2.05, 4.69) is 10.1 Å². The average Bonchev–Trinajstić information content (AvgIpc) is 2.75. The highest BCUT2D eigenvalue weighted by Gasteiger charge is 2.31. The van der Waals surface area contributed by atoms with Gasteiger partial charge in [-0.15, -0.1) is 13.2 Å². The van der Waals surface area contributed by atoms with Crippen molar-refractivity contribution in [1.29, 1.82) is 0 Å². The van der Waals surface area contributed by atoms with Gasteiger partial charge in [-0.2, -0.15) is 0 Å². The van der Waals surface area contributed by atoms with Crippen LogP contribution in [0.15, 0.2) is 54.6 Å². The van der Waals surface area contributed by atoms with E-state index in [0.717, 1.165) is 17.7 Å². The minimum absolute atomic E-state index is 0.103. The maximum absolute atomic E-state index is 12.6. The number of ether oxygens (including phenoxy) is 1. The second kappa shape index (κ2) is 10.5. The van der Waals surface area contributed by atoms with Crippen LogP contribution in [0.2, 0.25) is 0 Å². The largest absolute Gasteiger partial charge is 0.573 e. The third-order valence-electron chi connectivity index (χ3n) is 5.31. The number of nitrogens with zero attached hydrogens (tertiary/aromatic N) is 2. The molecule has 1 N–H and O–H groups in total. The van der Waals surface area contributed by atoms with E-state index in [0.29, 0.717) is 38.3 Å². The number of alkyl halides is 3. The molecule has 172 valence electrons. The molecule has 0 spiro atoms. The molecule has 1 saturated heterocycles. The van der Waals surface area contributed by atoms with Gasteiger partial charge in [0.2, 0.25) is 11.8 Å². The Morgan fingerprint density at radius 3 is 2.22 bits per heavy atom. The van der Waals surface area contributed by atoms with Crippen molar-refractivity contribution in [3.8, 4) is 5.75 Å². The maximum Gasteiger partial charge on any atom is 0.573 e. The first kappa shape index (κ1) is 23.6. The Morgan fingerprint density at radius 1 is 1.00 bits per heavy atom. The van der Waals surface area contributed by atoms with E-state index in [4.69, 9.17) is 0 Å². The highest BCUT2D eigenvalue weighted by atomic mass is 19.4. The molecule has 1 atom stereocenters. The van der Waals surface area contributed by atoms with Gasteiger partial charge in [-0.3, -0.25) is 14.5 Å². The van der Waals surface area contributed by atoms with Crippen LogP contribution in [0.25, 0.3) is 0 Å². The molecule has 0 saturated carbocycles. The van der Waals surface area contributed by atoms with E-state index in [1.165, 1.54) is 12.1 Å². The van der Waals surface area contributed by atoms with Gasteiger partial charge in [0.1, 0.15) is 5.75 Å². The van der Waals surface area contributed by atoms with Crippen LogP contribution < -0.4 is 10.1 Å². The molecule has 0 bridgehead atoms. The fourth-order valence-corrected chi connectivity index (χ4v) is 3.59. The summed E-state index contributed by atoms with van der Waals surface area (Å²) in [5.74, 6) is -0.378. The number of rotatable bonds is 7. The van der Waals surface area contributed by atoms with E-state index in [1.807, 2.05) is 47.1 Å². The number of piperazine rings is 1. The smallest absolute Gasteiger partial charge is 0.406 e. The van der Waals surface area contributed by atoms with E-state index < -0.39 is 6.36 Å². The van der Waals surface area contributed by atoms with Gasteiger partial charge in [0.25, 0.3) is 0 Å². The molecule has 9 heteroatoms. The molecule has 3 rings (SSSR count). The van der Waals surface area contributed by atoms with Crippen LogP contribution in [-0.2, 0) is 9.59 Å². The van der Waals surface area contributed by atoms with Crippen LogP contribution in [0.3, 0.4) is 0 Å². The zero-order valence-corrected chi connectivity index (χ0v) is 17.8. The number of carbonyl (C=O) groups is 2. The van der Waals surface area contributed by atoms with Crippen LogP contribution in [-0.4, -0.2) is 60.7 Å². The Labute approximate surface area is 184 Å². The summed E-state index contributed by atoms with van der Waals surface area (Å²) in [6.45, 7) is 4.45. The second-order valence-electron chi connectivity index (χ2n) is 7.79. The topological polar surface area (TPSA) is 61.9 Å². The molecule has 1 fully saturated rings. The number of halogens is 3. The van der Waals surface area contributed by atoms with Gasteiger partial charge in [0.05, 0.1) is 6.54 Å². The quantitative estimate of drug-likeness (QED) is 0.697. The van der Waals surface area contributed by atoms with E-state index >= 15 is 0 Å². The van der Waals surface area contributed by atoms with Crippen molar-refractivity contribution in [3.63, 3.8) is 0 Å². The number of hydrogen-bond donors (Lipinski definition) is 1. The summed E-state index contributed by atoms with van der Waals surface area (Å²) in [7, 11) is 0. The van der Waals surface area contributed by atoms with Gasteiger partial charge < -0.3 is 15.0 Å². The van der Waals surface area contributed by atoms with Crippen LogP contribution in [0, 0.1) is 0 Å². The highest BCUT2D eigenvalue weighted by molar-refractivity contribution is 5.92. The second-order valence-corrected chi connectivity index (χ2v) is 7.79. The Hall–Kier alpha value is -3.07. The van der Waals surface area contributed by atoms with E-state index in [9.17, 15) is 22.8 Å². The summed E-state index contributed by atoms with van der Waals surface area (Å²) >= 11 is 0. The Bertz CT molecular complexity index is 896. The number of anilines is 1. The Morgan fingerprint density at radius 2 is 1.62 bits per heavy atom. The summed E-state index contributed by atoms with van der Waals surface area (Å²) in [6, 6.07) is 14.9. The summed E-state index contributed by atoms with van der Waals surface area (Å²) in [6.07, 6.45) is -4.31. The lowest BCUT2D eigenvalue weighted by Gasteiger charge is -2.34. The molecular weight excluding hydrogens is 423 g/mol. The molecule has 32 heavy (non-hydrogen) atoms. The molecule has 6 nitrogen and oxygen atoms in total.